The molecule has 0 spiro atoms. The highest BCUT2D eigenvalue weighted by atomic mass is 32.1. The number of benzene rings is 4. The zero-order valence-electron chi connectivity index (χ0n) is 40.8. The topological polar surface area (TPSA) is 107 Å². The van der Waals surface area contributed by atoms with E-state index in [0.717, 1.165) is 18.2 Å². The number of halogens is 5. The minimum absolute atomic E-state index is 0.00689. The van der Waals surface area contributed by atoms with Crippen molar-refractivity contribution in [3.63, 3.8) is 0 Å². The first-order valence-electron chi connectivity index (χ1n) is 21.1. The molecule has 0 aliphatic carbocycles. The minimum atomic E-state index is -4.85. The maximum Gasteiger partial charge on any atom is 0.407 e. The van der Waals surface area contributed by atoms with Crippen LogP contribution in [-0.2, 0) is 16.5 Å². The standard InChI is InChI=1S/C21H19FN4O2S.C12H13FN2O.C9H3F3N2S/c1-12-10-13(7-9-17(12)23-4)25-19(28)21(2,3)26(20(25)29)14-6-8-15(16(22)11-14)18(27)24-5;1-12(2,15-4)8-5-6-9(10(13)7-8)11(16)14-3;1-13-8-3-2-6(14-5-15)4-7(8)9(10,11)12/h6-11H,1-3,5H3,(H,24,27);5-7H,1-3H3,(H,14,16);2-4H/i5D3,7D;3D3;2D,4D. The fourth-order valence-corrected chi connectivity index (χ4v) is 5.82. The molecule has 0 radical (unpaired) electrons. The summed E-state index contributed by atoms with van der Waals surface area (Å²) >= 11 is 9.75. The van der Waals surface area contributed by atoms with Gasteiger partial charge in [0.2, 0.25) is 0 Å². The Labute approximate surface area is 366 Å². The van der Waals surface area contributed by atoms with Crippen LogP contribution in [0.25, 0.3) is 14.5 Å². The van der Waals surface area contributed by atoms with Crippen molar-refractivity contribution in [3.05, 3.63) is 146 Å². The van der Waals surface area contributed by atoms with E-state index in [0.29, 0.717) is 17.2 Å². The number of aliphatic imine (C=N–C) groups is 1. The molecule has 0 bridgehead atoms. The van der Waals surface area contributed by atoms with E-state index in [9.17, 15) is 36.3 Å². The highest BCUT2D eigenvalue weighted by Gasteiger charge is 2.50. The van der Waals surface area contributed by atoms with Crippen molar-refractivity contribution in [2.75, 3.05) is 23.8 Å². The van der Waals surface area contributed by atoms with E-state index in [-0.39, 0.29) is 33.8 Å². The molecule has 60 heavy (non-hydrogen) atoms. The third-order valence-electron chi connectivity index (χ3n) is 8.43. The Bertz CT molecular complexity index is 2940. The van der Waals surface area contributed by atoms with Crippen molar-refractivity contribution in [2.24, 2.45) is 4.99 Å². The van der Waals surface area contributed by atoms with E-state index in [1.165, 1.54) is 40.1 Å². The van der Waals surface area contributed by atoms with Crippen LogP contribution in [0.3, 0.4) is 0 Å². The van der Waals surface area contributed by atoms with E-state index in [4.69, 9.17) is 44.3 Å². The number of nitrogens with zero attached hydrogens (tertiary/aromatic N) is 6. The molecule has 2 N–H and O–H groups in total. The van der Waals surface area contributed by atoms with Crippen molar-refractivity contribution in [3.8, 4) is 0 Å². The van der Waals surface area contributed by atoms with Crippen LogP contribution >= 0.6 is 24.4 Å². The van der Waals surface area contributed by atoms with Gasteiger partial charge < -0.3 is 20.4 Å². The molecule has 308 valence electrons. The van der Waals surface area contributed by atoms with Gasteiger partial charge >= 0.3 is 6.18 Å². The summed E-state index contributed by atoms with van der Waals surface area (Å²) in [6.45, 7) is 23.5. The molecule has 0 aromatic heterocycles. The third-order valence-corrected chi connectivity index (χ3v) is 8.89. The van der Waals surface area contributed by atoms with Crippen LogP contribution < -0.4 is 20.4 Å². The lowest BCUT2D eigenvalue weighted by molar-refractivity contribution is -0.136. The normalized spacial score (nSPS) is 15.5. The number of carbonyl (C=O) groups is 3. The lowest BCUT2D eigenvalue weighted by atomic mass is 9.94. The van der Waals surface area contributed by atoms with Gasteiger partial charge in [-0.05, 0) is 105 Å². The molecule has 18 heteroatoms. The zero-order chi connectivity index (χ0) is 52.9. The zero-order valence-corrected chi connectivity index (χ0v) is 33.4. The van der Waals surface area contributed by atoms with Gasteiger partial charge in [0.25, 0.3) is 23.3 Å². The molecule has 1 aliphatic heterocycles. The van der Waals surface area contributed by atoms with Gasteiger partial charge in [-0.15, -0.1) is 0 Å². The van der Waals surface area contributed by atoms with Gasteiger partial charge in [0, 0.05) is 53.0 Å². The number of alkyl halides is 3. The number of rotatable bonds is 6. The second-order valence-corrected chi connectivity index (χ2v) is 13.6. The number of hydrogen-bond acceptors (Lipinski definition) is 6. The Morgan fingerprint density at radius 3 is 1.97 bits per heavy atom. The highest BCUT2D eigenvalue weighted by Crippen LogP contribution is 2.39. The van der Waals surface area contributed by atoms with Crippen LogP contribution in [0, 0.1) is 38.3 Å². The highest BCUT2D eigenvalue weighted by molar-refractivity contribution is 7.81. The molecular formula is C42H35F5N8O3S2. The summed E-state index contributed by atoms with van der Waals surface area (Å²) in [6.07, 6.45) is -4.85. The summed E-state index contributed by atoms with van der Waals surface area (Å²) in [4.78, 5) is 52.1. The quantitative estimate of drug-likeness (QED) is 0.0865. The van der Waals surface area contributed by atoms with Gasteiger partial charge in [-0.25, -0.2) is 25.0 Å². The van der Waals surface area contributed by atoms with Gasteiger partial charge in [-0.2, -0.15) is 18.2 Å². The molecule has 5 rings (SSSR count). The lowest BCUT2D eigenvalue weighted by Gasteiger charge is -2.29. The van der Waals surface area contributed by atoms with Crippen LogP contribution in [-0.4, -0.2) is 47.5 Å². The molecular weight excluding hydrogens is 824 g/mol. The molecule has 1 fully saturated rings. The molecule has 4 aromatic rings. The number of anilines is 2. The molecule has 0 atom stereocenters. The lowest BCUT2D eigenvalue weighted by Crippen LogP contribution is -2.44. The first-order valence-corrected chi connectivity index (χ1v) is 17.4. The summed E-state index contributed by atoms with van der Waals surface area (Å²) < 4.78 is 131. The van der Waals surface area contributed by atoms with Gasteiger partial charge in [0.1, 0.15) is 17.2 Å². The van der Waals surface area contributed by atoms with Crippen LogP contribution in [0.2, 0.25) is 0 Å². The van der Waals surface area contributed by atoms with Crippen LogP contribution in [0.5, 0.6) is 0 Å². The van der Waals surface area contributed by atoms with Crippen LogP contribution in [0.1, 0.15) is 77.4 Å². The fraction of sp³-hybridized carbons (Fsp3) is 0.238. The Morgan fingerprint density at radius 1 is 0.900 bits per heavy atom. The second-order valence-electron chi connectivity index (χ2n) is 13.1. The molecule has 1 heterocycles. The molecule has 3 amide bonds. The predicted octanol–water partition coefficient (Wildman–Crippen LogP) is 10.3. The monoisotopic (exact) mass is 867 g/mol. The van der Waals surface area contributed by atoms with Gasteiger partial charge in [0.15, 0.2) is 16.5 Å². The van der Waals surface area contributed by atoms with Gasteiger partial charge in [-0.3, -0.25) is 19.3 Å². The number of amides is 3. The van der Waals surface area contributed by atoms with Gasteiger partial charge in [0.05, 0.1) is 44.8 Å². The molecule has 4 aromatic carbocycles. The molecule has 0 unspecified atom stereocenters. The first-order chi connectivity index (χ1) is 31.6. The number of aryl methyl sites for hydroxylation is 1. The van der Waals surface area contributed by atoms with Gasteiger partial charge in [-0.1, -0.05) is 18.2 Å². The van der Waals surface area contributed by atoms with E-state index in [1.807, 2.05) is 0 Å². The Kier molecular flexibility index (Phi) is 11.2. The first kappa shape index (κ1) is 35.1. The number of hydrogen-bond donors (Lipinski definition) is 2. The van der Waals surface area contributed by atoms with Crippen molar-refractivity contribution < 1.29 is 48.7 Å². The Balaban J connectivity index is 0.000000298. The van der Waals surface area contributed by atoms with Crippen molar-refractivity contribution >= 4 is 80.9 Å². The summed E-state index contributed by atoms with van der Waals surface area (Å²) in [5.74, 6) is -4.41. The minimum Gasteiger partial charge on any atom is -0.355 e. The van der Waals surface area contributed by atoms with E-state index >= 15 is 0 Å². The Morgan fingerprint density at radius 2 is 1.47 bits per heavy atom. The summed E-state index contributed by atoms with van der Waals surface area (Å²) in [7, 11) is 0. The van der Waals surface area contributed by atoms with Crippen molar-refractivity contribution in [2.45, 2.75) is 51.9 Å². The summed E-state index contributed by atoms with van der Waals surface area (Å²) in [5, 5.41) is 5.23. The Hall–Kier alpha value is -6.90. The maximum atomic E-state index is 14.8. The smallest absolute Gasteiger partial charge is 0.355 e. The summed E-state index contributed by atoms with van der Waals surface area (Å²) in [5.41, 5.74) is -4.10. The van der Waals surface area contributed by atoms with Crippen LogP contribution in [0.4, 0.5) is 50.4 Å². The van der Waals surface area contributed by atoms with E-state index in [2.05, 4.69) is 31.7 Å². The van der Waals surface area contributed by atoms with Crippen LogP contribution in [0.15, 0.2) is 77.7 Å². The fourth-order valence-electron chi connectivity index (χ4n) is 5.21. The molecule has 1 saturated heterocycles. The number of thiocarbonyl (C=S) groups is 2. The average molecular weight is 868 g/mol. The van der Waals surface area contributed by atoms with Crippen molar-refractivity contribution in [1.82, 2.24) is 10.6 Å². The average Bonchev–Trinajstić information content (AvgIpc) is 3.39. The SMILES string of the molecule is [2H]C([2H])([2H])NC(=O)c1ccc(C(C)(C)[N+]#[C-])cc1F.[2H]c1cc([N+]#[C-])c(C(F)(F)F)c([2H])c1N=C=S.[2H]c1cc([N+]#[C-])c(C)cc1N1C(=O)C(C)(C)N(c2ccc(C(=O)NC([2H])([2H])[2H])c(F)c2)C1=S. The molecule has 11 nitrogen and oxygen atoms in total. The third kappa shape index (κ3) is 10.4. The predicted molar refractivity (Wildman–Crippen MR) is 226 cm³/mol. The number of nitrogens with one attached hydrogen (secondary N) is 2. The molecule has 1 aliphatic rings. The maximum absolute atomic E-state index is 14.8. The number of carbonyl (C=O) groups excluding carboxylic acids is 3. The largest absolute Gasteiger partial charge is 0.407 e. The molecule has 0 saturated carbocycles. The number of isothiocyanates is 1. The van der Waals surface area contributed by atoms with E-state index < -0.39 is 95.1 Å². The van der Waals surface area contributed by atoms with E-state index in [1.54, 1.807) is 50.4 Å². The summed E-state index contributed by atoms with van der Waals surface area (Å²) in [6, 6.07) is 9.18. The second kappa shape index (κ2) is 19.2. The van der Waals surface area contributed by atoms with Crippen molar-refractivity contribution in [1.29, 1.82) is 0 Å².